The summed E-state index contributed by atoms with van der Waals surface area (Å²) in [5, 5.41) is 3.34. The van der Waals surface area contributed by atoms with E-state index in [2.05, 4.69) is 10.1 Å². The lowest BCUT2D eigenvalue weighted by Gasteiger charge is -2.18. The van der Waals surface area contributed by atoms with E-state index in [1.165, 1.54) is 7.11 Å². The van der Waals surface area contributed by atoms with Gasteiger partial charge in [-0.1, -0.05) is 23.7 Å². The highest BCUT2D eigenvalue weighted by Gasteiger charge is 2.51. The molecule has 1 aliphatic rings. The lowest BCUT2D eigenvalue weighted by molar-refractivity contribution is -0.144. The summed E-state index contributed by atoms with van der Waals surface area (Å²) in [7, 11) is 1.30. The number of benzene rings is 1. The van der Waals surface area contributed by atoms with E-state index >= 15 is 0 Å². The Morgan fingerprint density at radius 2 is 1.89 bits per heavy atom. The molecule has 0 spiro atoms. The second-order valence-electron chi connectivity index (χ2n) is 4.81. The highest BCUT2D eigenvalue weighted by atomic mass is 35.5. The number of nitrogens with one attached hydrogen (secondary N) is 1. The fraction of sp³-hybridized carbons (Fsp3) is 0.429. The molecule has 5 heteroatoms. The quantitative estimate of drug-likeness (QED) is 0.860. The van der Waals surface area contributed by atoms with Crippen LogP contribution in [0.4, 0.5) is 0 Å². The van der Waals surface area contributed by atoms with Crippen LogP contribution in [-0.4, -0.2) is 25.0 Å². The summed E-state index contributed by atoms with van der Waals surface area (Å²) in [4.78, 5) is 23.6. The molecule has 1 fully saturated rings. The first-order chi connectivity index (χ1) is 8.99. The number of hydrogen-bond donors (Lipinski definition) is 1. The van der Waals surface area contributed by atoms with Crippen LogP contribution < -0.4 is 5.32 Å². The summed E-state index contributed by atoms with van der Waals surface area (Å²) in [6, 6.07) is 6.62. The van der Waals surface area contributed by atoms with Crippen LogP contribution >= 0.6 is 11.6 Å². The van der Waals surface area contributed by atoms with E-state index in [0.717, 1.165) is 18.4 Å². The fourth-order valence-electron chi connectivity index (χ4n) is 2.11. The molecule has 0 aliphatic heterocycles. The SMILES string of the molecule is COC(=O)C(C)NC(=O)C1(c2ccc(Cl)cc2)CC1. The van der Waals surface area contributed by atoms with Crippen molar-refractivity contribution < 1.29 is 14.3 Å². The fourth-order valence-corrected chi connectivity index (χ4v) is 2.24. The zero-order chi connectivity index (χ0) is 14.0. The van der Waals surface area contributed by atoms with Crippen molar-refractivity contribution in [3.8, 4) is 0 Å². The molecule has 1 unspecified atom stereocenters. The molecule has 1 aromatic carbocycles. The Morgan fingerprint density at radius 1 is 1.32 bits per heavy atom. The molecule has 1 aliphatic carbocycles. The van der Waals surface area contributed by atoms with Gasteiger partial charge in [0.05, 0.1) is 12.5 Å². The molecular formula is C14H16ClNO3. The summed E-state index contributed by atoms with van der Waals surface area (Å²) in [6.07, 6.45) is 1.57. The number of halogens is 1. The maximum Gasteiger partial charge on any atom is 0.328 e. The van der Waals surface area contributed by atoms with Crippen LogP contribution in [0.25, 0.3) is 0 Å². The van der Waals surface area contributed by atoms with Crippen LogP contribution in [0.3, 0.4) is 0 Å². The van der Waals surface area contributed by atoms with Crippen LogP contribution in [0.2, 0.25) is 5.02 Å². The highest BCUT2D eigenvalue weighted by molar-refractivity contribution is 6.30. The third-order valence-corrected chi connectivity index (χ3v) is 3.74. The molecule has 0 aromatic heterocycles. The normalized spacial score (nSPS) is 17.4. The molecule has 0 saturated heterocycles. The maximum absolute atomic E-state index is 12.3. The second-order valence-corrected chi connectivity index (χ2v) is 5.24. The average molecular weight is 282 g/mol. The molecule has 102 valence electrons. The second kappa shape index (κ2) is 5.21. The summed E-state index contributed by atoms with van der Waals surface area (Å²) in [5.41, 5.74) is 0.429. The Labute approximate surface area is 117 Å². The predicted octanol–water partition coefficient (Wildman–Crippen LogP) is 2.05. The van der Waals surface area contributed by atoms with Gasteiger partial charge in [-0.15, -0.1) is 0 Å². The standard InChI is InChI=1S/C14H16ClNO3/c1-9(12(17)19-2)16-13(18)14(7-8-14)10-3-5-11(15)6-4-10/h3-6,9H,7-8H2,1-2H3,(H,16,18). The van der Waals surface area contributed by atoms with Crippen molar-refractivity contribution >= 4 is 23.5 Å². The molecule has 1 amide bonds. The number of rotatable bonds is 4. The number of ether oxygens (including phenoxy) is 1. The van der Waals surface area contributed by atoms with Crippen molar-refractivity contribution in [3.05, 3.63) is 34.9 Å². The first-order valence-corrected chi connectivity index (χ1v) is 6.52. The van der Waals surface area contributed by atoms with E-state index in [4.69, 9.17) is 11.6 Å². The predicted molar refractivity (Wildman–Crippen MR) is 72.0 cm³/mol. The van der Waals surface area contributed by atoms with Crippen molar-refractivity contribution in [2.24, 2.45) is 0 Å². The van der Waals surface area contributed by atoms with Gasteiger partial charge in [0.15, 0.2) is 0 Å². The largest absolute Gasteiger partial charge is 0.467 e. The van der Waals surface area contributed by atoms with Gasteiger partial charge in [0, 0.05) is 5.02 Å². The van der Waals surface area contributed by atoms with E-state index < -0.39 is 17.4 Å². The highest BCUT2D eigenvalue weighted by Crippen LogP contribution is 2.48. The monoisotopic (exact) mass is 281 g/mol. The molecule has 2 rings (SSSR count). The van der Waals surface area contributed by atoms with Crippen molar-refractivity contribution in [3.63, 3.8) is 0 Å². The van der Waals surface area contributed by atoms with E-state index in [9.17, 15) is 9.59 Å². The maximum atomic E-state index is 12.3. The first kappa shape index (κ1) is 13.9. The van der Waals surface area contributed by atoms with Crippen LogP contribution in [-0.2, 0) is 19.7 Å². The van der Waals surface area contributed by atoms with Gasteiger partial charge in [0.25, 0.3) is 0 Å². The average Bonchev–Trinajstić information content (AvgIpc) is 3.20. The number of hydrogen-bond acceptors (Lipinski definition) is 3. The van der Waals surface area contributed by atoms with Crippen LogP contribution in [0, 0.1) is 0 Å². The van der Waals surface area contributed by atoms with Crippen molar-refractivity contribution in [2.75, 3.05) is 7.11 Å². The van der Waals surface area contributed by atoms with Gasteiger partial charge >= 0.3 is 5.97 Å². The molecular weight excluding hydrogens is 266 g/mol. The minimum absolute atomic E-state index is 0.132. The van der Waals surface area contributed by atoms with E-state index in [-0.39, 0.29) is 5.91 Å². The van der Waals surface area contributed by atoms with Gasteiger partial charge in [-0.25, -0.2) is 4.79 Å². The first-order valence-electron chi connectivity index (χ1n) is 6.14. The van der Waals surface area contributed by atoms with E-state index in [1.807, 2.05) is 12.1 Å². The Bertz CT molecular complexity index is 494. The van der Waals surface area contributed by atoms with Crippen LogP contribution in [0.5, 0.6) is 0 Å². The third-order valence-electron chi connectivity index (χ3n) is 3.48. The van der Waals surface area contributed by atoms with Crippen molar-refractivity contribution in [2.45, 2.75) is 31.2 Å². The molecule has 1 aromatic rings. The van der Waals surface area contributed by atoms with E-state index in [0.29, 0.717) is 5.02 Å². The molecule has 0 heterocycles. The number of esters is 1. The lowest BCUT2D eigenvalue weighted by Crippen LogP contribution is -2.44. The van der Waals surface area contributed by atoms with Crippen molar-refractivity contribution in [1.29, 1.82) is 0 Å². The molecule has 0 radical (unpaired) electrons. The Hall–Kier alpha value is -1.55. The minimum Gasteiger partial charge on any atom is -0.467 e. The molecule has 1 saturated carbocycles. The summed E-state index contributed by atoms with van der Waals surface area (Å²) >= 11 is 5.84. The third kappa shape index (κ3) is 2.73. The number of methoxy groups -OCH3 is 1. The Morgan fingerprint density at radius 3 is 2.37 bits per heavy atom. The number of carbonyl (C=O) groups is 2. The zero-order valence-corrected chi connectivity index (χ0v) is 11.7. The number of carbonyl (C=O) groups excluding carboxylic acids is 2. The van der Waals surface area contributed by atoms with E-state index in [1.54, 1.807) is 19.1 Å². The molecule has 1 atom stereocenters. The van der Waals surface area contributed by atoms with Gasteiger partial charge in [0.2, 0.25) is 5.91 Å². The van der Waals surface area contributed by atoms with Gasteiger partial charge in [-0.3, -0.25) is 4.79 Å². The smallest absolute Gasteiger partial charge is 0.328 e. The number of amides is 1. The molecule has 19 heavy (non-hydrogen) atoms. The van der Waals surface area contributed by atoms with Gasteiger partial charge in [-0.05, 0) is 37.5 Å². The zero-order valence-electron chi connectivity index (χ0n) is 10.9. The van der Waals surface area contributed by atoms with Gasteiger partial charge < -0.3 is 10.1 Å². The Kier molecular flexibility index (Phi) is 3.80. The summed E-state index contributed by atoms with van der Waals surface area (Å²) < 4.78 is 4.60. The van der Waals surface area contributed by atoms with Crippen molar-refractivity contribution in [1.82, 2.24) is 5.32 Å². The minimum atomic E-state index is -0.637. The van der Waals surface area contributed by atoms with Crippen LogP contribution in [0.1, 0.15) is 25.3 Å². The van der Waals surface area contributed by atoms with Gasteiger partial charge in [0.1, 0.15) is 6.04 Å². The summed E-state index contributed by atoms with van der Waals surface area (Å²) in [6.45, 7) is 1.61. The Balaban J connectivity index is 2.10. The molecule has 0 bridgehead atoms. The molecule has 4 nitrogen and oxygen atoms in total. The topological polar surface area (TPSA) is 55.4 Å². The molecule has 1 N–H and O–H groups in total. The lowest BCUT2D eigenvalue weighted by atomic mass is 9.95. The van der Waals surface area contributed by atoms with Crippen LogP contribution in [0.15, 0.2) is 24.3 Å². The van der Waals surface area contributed by atoms with Gasteiger partial charge in [-0.2, -0.15) is 0 Å². The summed E-state index contributed by atoms with van der Waals surface area (Å²) in [5.74, 6) is -0.576.